The normalized spacial score (nSPS) is 11.8. The highest BCUT2D eigenvalue weighted by Gasteiger charge is 2.09. The van der Waals surface area contributed by atoms with Crippen molar-refractivity contribution in [2.75, 3.05) is 26.4 Å². The van der Waals surface area contributed by atoms with Gasteiger partial charge in [-0.15, -0.1) is 0 Å². The van der Waals surface area contributed by atoms with Gasteiger partial charge in [0, 0.05) is 0 Å². The van der Waals surface area contributed by atoms with Gasteiger partial charge in [0.2, 0.25) is 0 Å². The molecule has 0 aliphatic carbocycles. The van der Waals surface area contributed by atoms with Crippen LogP contribution in [-0.2, 0) is 18.8 Å². The summed E-state index contributed by atoms with van der Waals surface area (Å²) in [6.07, 6.45) is 0. The summed E-state index contributed by atoms with van der Waals surface area (Å²) >= 11 is 0. The van der Waals surface area contributed by atoms with E-state index in [1.807, 2.05) is 0 Å². The highest BCUT2D eigenvalue weighted by molar-refractivity contribution is 7.81. The maximum atomic E-state index is 10.5. The first kappa shape index (κ1) is 10.8. The minimum Gasteiger partial charge on any atom is -0.394 e. The third kappa shape index (κ3) is 6.20. The van der Waals surface area contributed by atoms with Crippen LogP contribution in [-0.4, -0.2) is 45.1 Å². The van der Waals surface area contributed by atoms with E-state index in [-0.39, 0.29) is 13.2 Å². The van der Waals surface area contributed by atoms with Crippen molar-refractivity contribution in [3.05, 3.63) is 0 Å². The molecule has 0 aromatic carbocycles. The zero-order valence-corrected chi connectivity index (χ0v) is 6.58. The molecule has 0 atom stereocenters. The Morgan fingerprint density at radius 3 is 1.64 bits per heavy atom. The molecule has 0 unspecified atom stereocenters. The van der Waals surface area contributed by atoms with Crippen LogP contribution in [0, 0.1) is 0 Å². The minimum atomic E-state index is -4.03. The van der Waals surface area contributed by atoms with Crippen LogP contribution in [0.3, 0.4) is 0 Å². The predicted octanol–water partition coefficient (Wildman–Crippen LogP) is -1.75. The van der Waals surface area contributed by atoms with Crippen molar-refractivity contribution in [1.29, 1.82) is 0 Å². The summed E-state index contributed by atoms with van der Waals surface area (Å²) in [6.45, 7) is -1.48. The van der Waals surface area contributed by atoms with Gasteiger partial charge in [0.15, 0.2) is 0 Å². The number of hydrogen-bond acceptors (Lipinski definition) is 6. The molecule has 0 amide bonds. The second-order valence-electron chi connectivity index (χ2n) is 1.50. The molecule has 0 spiro atoms. The molecule has 11 heavy (non-hydrogen) atoms. The summed E-state index contributed by atoms with van der Waals surface area (Å²) in [5, 5.41) is 16.3. The maximum absolute atomic E-state index is 10.5. The smallest absolute Gasteiger partial charge is 0.394 e. The molecule has 7 heteroatoms. The van der Waals surface area contributed by atoms with Gasteiger partial charge in [-0.25, -0.2) is 8.37 Å². The minimum absolute atomic E-state index is 0.340. The van der Waals surface area contributed by atoms with Crippen LogP contribution in [0.25, 0.3) is 0 Å². The van der Waals surface area contributed by atoms with Gasteiger partial charge in [-0.2, -0.15) is 8.42 Å². The van der Waals surface area contributed by atoms with Crippen LogP contribution in [0.15, 0.2) is 0 Å². The van der Waals surface area contributed by atoms with Crippen molar-refractivity contribution in [3.63, 3.8) is 0 Å². The quantitative estimate of drug-likeness (QED) is 0.511. The first-order valence-corrected chi connectivity index (χ1v) is 4.21. The standard InChI is InChI=1S/C4H10O6S/c5-1-3-9-11(7,8)10-4-2-6/h5-6H,1-4H2. The summed E-state index contributed by atoms with van der Waals surface area (Å²) in [7, 11) is -4.03. The summed E-state index contributed by atoms with van der Waals surface area (Å²) < 4.78 is 29.1. The summed E-state index contributed by atoms with van der Waals surface area (Å²) in [5.74, 6) is 0. The predicted molar refractivity (Wildman–Crippen MR) is 35.0 cm³/mol. The molecule has 68 valence electrons. The third-order valence-electron chi connectivity index (χ3n) is 0.638. The molecule has 0 saturated heterocycles. The van der Waals surface area contributed by atoms with Crippen molar-refractivity contribution in [1.82, 2.24) is 0 Å². The molecule has 0 aromatic heterocycles. The highest BCUT2D eigenvalue weighted by atomic mass is 32.3. The van der Waals surface area contributed by atoms with E-state index in [9.17, 15) is 8.42 Å². The Kier molecular flexibility index (Phi) is 5.34. The molecule has 0 radical (unpaired) electrons. The third-order valence-corrected chi connectivity index (χ3v) is 1.55. The summed E-state index contributed by atoms with van der Waals surface area (Å²) in [5.41, 5.74) is 0. The monoisotopic (exact) mass is 186 g/mol. The first-order valence-electron chi connectivity index (χ1n) is 2.88. The van der Waals surface area contributed by atoms with Gasteiger partial charge in [0.1, 0.15) is 0 Å². The van der Waals surface area contributed by atoms with E-state index in [0.717, 1.165) is 0 Å². The van der Waals surface area contributed by atoms with E-state index in [4.69, 9.17) is 10.2 Å². The Morgan fingerprint density at radius 2 is 1.36 bits per heavy atom. The Bertz CT molecular complexity index is 159. The SMILES string of the molecule is O=S(=O)(OCCO)OCCO. The molecule has 0 rings (SSSR count). The number of aliphatic hydroxyl groups excluding tert-OH is 2. The average molecular weight is 186 g/mol. The zero-order chi connectivity index (χ0) is 8.74. The van der Waals surface area contributed by atoms with E-state index in [2.05, 4.69) is 8.37 Å². The lowest BCUT2D eigenvalue weighted by Gasteiger charge is -2.01. The van der Waals surface area contributed by atoms with Crippen molar-refractivity contribution >= 4 is 10.4 Å². The van der Waals surface area contributed by atoms with Gasteiger partial charge in [0.25, 0.3) is 0 Å². The zero-order valence-electron chi connectivity index (χ0n) is 5.76. The fourth-order valence-corrected chi connectivity index (χ4v) is 0.938. The Morgan fingerprint density at radius 1 is 1.00 bits per heavy atom. The van der Waals surface area contributed by atoms with Gasteiger partial charge in [-0.05, 0) is 0 Å². The molecular formula is C4H10O6S. The molecule has 0 aromatic rings. The van der Waals surface area contributed by atoms with Crippen LogP contribution in [0.5, 0.6) is 0 Å². The Balaban J connectivity index is 3.63. The van der Waals surface area contributed by atoms with E-state index in [1.165, 1.54) is 0 Å². The van der Waals surface area contributed by atoms with Gasteiger partial charge < -0.3 is 10.2 Å². The van der Waals surface area contributed by atoms with Gasteiger partial charge in [-0.1, -0.05) is 0 Å². The van der Waals surface area contributed by atoms with E-state index < -0.39 is 23.6 Å². The van der Waals surface area contributed by atoms with E-state index in [1.54, 1.807) is 0 Å². The van der Waals surface area contributed by atoms with Gasteiger partial charge in [0.05, 0.1) is 26.4 Å². The number of aliphatic hydroxyl groups is 2. The molecule has 0 heterocycles. The number of rotatable bonds is 6. The largest absolute Gasteiger partial charge is 0.400 e. The van der Waals surface area contributed by atoms with Crippen molar-refractivity contribution in [2.45, 2.75) is 0 Å². The molecule has 0 saturated carbocycles. The molecular weight excluding hydrogens is 176 g/mol. The maximum Gasteiger partial charge on any atom is 0.400 e. The Labute approximate surface area is 64.7 Å². The fourth-order valence-electron chi connectivity index (χ4n) is 0.313. The average Bonchev–Trinajstić information content (AvgIpc) is 1.97. The van der Waals surface area contributed by atoms with Crippen molar-refractivity contribution in [2.24, 2.45) is 0 Å². The van der Waals surface area contributed by atoms with Gasteiger partial charge in [-0.3, -0.25) is 0 Å². The first-order chi connectivity index (χ1) is 5.12. The Hall–Kier alpha value is -0.210. The van der Waals surface area contributed by atoms with Crippen LogP contribution < -0.4 is 0 Å². The molecule has 0 aliphatic rings. The lowest BCUT2D eigenvalue weighted by molar-refractivity contribution is 0.148. The molecule has 0 bridgehead atoms. The number of hydrogen-bond donors (Lipinski definition) is 2. The molecule has 0 fully saturated rings. The van der Waals surface area contributed by atoms with Crippen molar-refractivity contribution in [3.8, 4) is 0 Å². The molecule has 2 N–H and O–H groups in total. The molecule has 0 aliphatic heterocycles. The van der Waals surface area contributed by atoms with E-state index in [0.29, 0.717) is 0 Å². The van der Waals surface area contributed by atoms with Crippen LogP contribution in [0.2, 0.25) is 0 Å². The van der Waals surface area contributed by atoms with Crippen LogP contribution in [0.1, 0.15) is 0 Å². The summed E-state index contributed by atoms with van der Waals surface area (Å²) in [6, 6.07) is 0. The lowest BCUT2D eigenvalue weighted by atomic mass is 10.8. The van der Waals surface area contributed by atoms with Crippen LogP contribution in [0.4, 0.5) is 0 Å². The lowest BCUT2D eigenvalue weighted by Crippen LogP contribution is -2.14. The highest BCUT2D eigenvalue weighted by Crippen LogP contribution is 1.93. The van der Waals surface area contributed by atoms with E-state index >= 15 is 0 Å². The topological polar surface area (TPSA) is 93.1 Å². The molecule has 6 nitrogen and oxygen atoms in total. The second-order valence-corrected chi connectivity index (χ2v) is 2.79. The van der Waals surface area contributed by atoms with Crippen LogP contribution >= 0.6 is 0 Å². The summed E-state index contributed by atoms with van der Waals surface area (Å²) in [4.78, 5) is 0. The second kappa shape index (κ2) is 5.44. The van der Waals surface area contributed by atoms with Gasteiger partial charge >= 0.3 is 10.4 Å². The van der Waals surface area contributed by atoms with Crippen molar-refractivity contribution < 1.29 is 27.0 Å². The fraction of sp³-hybridized carbons (Fsp3) is 1.00.